The average molecular weight is 259 g/mol. The molecule has 104 valence electrons. The first-order chi connectivity index (χ1) is 9.22. The Balaban J connectivity index is 2.02. The van der Waals surface area contributed by atoms with Crippen LogP contribution in [0.1, 0.15) is 57.8 Å². The number of piperidine rings is 1. The summed E-state index contributed by atoms with van der Waals surface area (Å²) >= 11 is 0. The van der Waals surface area contributed by atoms with Crippen molar-refractivity contribution in [1.82, 2.24) is 14.5 Å². The van der Waals surface area contributed by atoms with E-state index in [2.05, 4.69) is 53.3 Å². The van der Waals surface area contributed by atoms with E-state index in [-0.39, 0.29) is 0 Å². The number of hydrogen-bond donors (Lipinski definition) is 0. The van der Waals surface area contributed by atoms with Gasteiger partial charge in [0.25, 0.3) is 0 Å². The van der Waals surface area contributed by atoms with Crippen molar-refractivity contribution in [3.05, 3.63) is 18.2 Å². The molecule has 1 aromatic rings. The predicted molar refractivity (Wildman–Crippen MR) is 79.1 cm³/mol. The monoisotopic (exact) mass is 259 g/mol. The van der Waals surface area contributed by atoms with Gasteiger partial charge in [0.15, 0.2) is 0 Å². The normalized spacial score (nSPS) is 20.3. The molecule has 1 aliphatic rings. The van der Waals surface area contributed by atoms with E-state index in [1.807, 2.05) is 6.20 Å². The smallest absolute Gasteiger partial charge is 0.113 e. The van der Waals surface area contributed by atoms with Gasteiger partial charge in [-0.25, -0.2) is 4.98 Å². The van der Waals surface area contributed by atoms with E-state index in [9.17, 15) is 0 Å². The van der Waals surface area contributed by atoms with Crippen LogP contribution in [-0.2, 0) is 0 Å². The SMILES string of the molecule is CCC#CCN1CCC[C@H](c2nccn2C(C)C)C1. The van der Waals surface area contributed by atoms with Crippen LogP contribution in [0.5, 0.6) is 0 Å². The highest BCUT2D eigenvalue weighted by Crippen LogP contribution is 2.27. The predicted octanol–water partition coefficient (Wildman–Crippen LogP) is 3.06. The summed E-state index contributed by atoms with van der Waals surface area (Å²) in [6, 6.07) is 0.493. The lowest BCUT2D eigenvalue weighted by molar-refractivity contribution is 0.223. The zero-order valence-corrected chi connectivity index (χ0v) is 12.4. The van der Waals surface area contributed by atoms with Crippen molar-refractivity contribution in [1.29, 1.82) is 0 Å². The molecule has 2 heterocycles. The fourth-order valence-electron chi connectivity index (χ4n) is 2.78. The van der Waals surface area contributed by atoms with Crippen molar-refractivity contribution in [3.8, 4) is 11.8 Å². The van der Waals surface area contributed by atoms with Gasteiger partial charge < -0.3 is 4.57 Å². The molecule has 19 heavy (non-hydrogen) atoms. The second-order valence-electron chi connectivity index (χ2n) is 5.57. The van der Waals surface area contributed by atoms with Crippen LogP contribution in [0.25, 0.3) is 0 Å². The Bertz CT molecular complexity index is 450. The third-order valence-electron chi connectivity index (χ3n) is 3.73. The van der Waals surface area contributed by atoms with E-state index in [1.54, 1.807) is 0 Å². The molecular formula is C16H25N3. The number of aromatic nitrogens is 2. The molecule has 0 amide bonds. The molecule has 1 aliphatic heterocycles. The van der Waals surface area contributed by atoms with Crippen LogP contribution < -0.4 is 0 Å². The lowest BCUT2D eigenvalue weighted by atomic mass is 9.97. The molecule has 0 aromatic carbocycles. The van der Waals surface area contributed by atoms with Crippen LogP contribution in [-0.4, -0.2) is 34.1 Å². The molecule has 3 nitrogen and oxygen atoms in total. The minimum Gasteiger partial charge on any atom is -0.332 e. The molecule has 1 atom stereocenters. The Labute approximate surface area is 117 Å². The van der Waals surface area contributed by atoms with Crippen LogP contribution in [0, 0.1) is 11.8 Å². The van der Waals surface area contributed by atoms with E-state index < -0.39 is 0 Å². The summed E-state index contributed by atoms with van der Waals surface area (Å²) in [5, 5.41) is 0. The first kappa shape index (κ1) is 14.1. The van der Waals surface area contributed by atoms with Crippen LogP contribution in [0.15, 0.2) is 12.4 Å². The zero-order valence-electron chi connectivity index (χ0n) is 12.4. The summed E-state index contributed by atoms with van der Waals surface area (Å²) in [4.78, 5) is 7.06. The Morgan fingerprint density at radius 3 is 3.00 bits per heavy atom. The molecule has 2 rings (SSSR count). The zero-order chi connectivity index (χ0) is 13.7. The van der Waals surface area contributed by atoms with Crippen molar-refractivity contribution in [2.24, 2.45) is 0 Å². The number of likely N-dealkylation sites (tertiary alicyclic amines) is 1. The number of rotatable bonds is 3. The van der Waals surface area contributed by atoms with Gasteiger partial charge in [0.1, 0.15) is 5.82 Å². The number of imidazole rings is 1. The molecule has 0 spiro atoms. The molecule has 0 bridgehead atoms. The van der Waals surface area contributed by atoms with Gasteiger partial charge in [-0.1, -0.05) is 12.8 Å². The van der Waals surface area contributed by atoms with Crippen LogP contribution in [0.3, 0.4) is 0 Å². The van der Waals surface area contributed by atoms with Crippen LogP contribution in [0.2, 0.25) is 0 Å². The minimum atomic E-state index is 0.493. The highest BCUT2D eigenvalue weighted by molar-refractivity contribution is 5.06. The standard InChI is InChI=1S/C16H25N3/c1-4-5-6-10-18-11-7-8-15(13-18)16-17-9-12-19(16)14(2)3/h9,12,14-15H,4,7-8,10-11,13H2,1-3H3/t15-/m0/s1. The summed E-state index contributed by atoms with van der Waals surface area (Å²) in [6.07, 6.45) is 7.50. The Morgan fingerprint density at radius 2 is 2.26 bits per heavy atom. The van der Waals surface area contributed by atoms with Gasteiger partial charge in [0.2, 0.25) is 0 Å². The maximum absolute atomic E-state index is 4.59. The van der Waals surface area contributed by atoms with Gasteiger partial charge in [-0.15, -0.1) is 5.92 Å². The van der Waals surface area contributed by atoms with Gasteiger partial charge in [-0.3, -0.25) is 4.90 Å². The molecule has 0 saturated carbocycles. The largest absolute Gasteiger partial charge is 0.332 e. The second-order valence-corrected chi connectivity index (χ2v) is 5.57. The highest BCUT2D eigenvalue weighted by atomic mass is 15.1. The van der Waals surface area contributed by atoms with Gasteiger partial charge >= 0.3 is 0 Å². The third-order valence-corrected chi connectivity index (χ3v) is 3.73. The molecule has 0 radical (unpaired) electrons. The Morgan fingerprint density at radius 1 is 1.42 bits per heavy atom. The molecule has 1 saturated heterocycles. The van der Waals surface area contributed by atoms with Gasteiger partial charge in [0.05, 0.1) is 6.54 Å². The van der Waals surface area contributed by atoms with E-state index in [4.69, 9.17) is 0 Å². The van der Waals surface area contributed by atoms with Crippen LogP contribution in [0.4, 0.5) is 0 Å². The van der Waals surface area contributed by atoms with E-state index in [0.29, 0.717) is 12.0 Å². The molecule has 0 unspecified atom stereocenters. The summed E-state index contributed by atoms with van der Waals surface area (Å²) < 4.78 is 2.31. The summed E-state index contributed by atoms with van der Waals surface area (Å²) in [5.41, 5.74) is 0. The lowest BCUT2D eigenvalue weighted by Gasteiger charge is -2.31. The molecular weight excluding hydrogens is 234 g/mol. The molecule has 1 fully saturated rings. The lowest BCUT2D eigenvalue weighted by Crippen LogP contribution is -2.35. The van der Waals surface area contributed by atoms with E-state index in [0.717, 1.165) is 19.5 Å². The first-order valence-corrected chi connectivity index (χ1v) is 7.43. The van der Waals surface area contributed by atoms with Crippen molar-refractivity contribution in [3.63, 3.8) is 0 Å². The summed E-state index contributed by atoms with van der Waals surface area (Å²) in [7, 11) is 0. The fourth-order valence-corrected chi connectivity index (χ4v) is 2.78. The quantitative estimate of drug-likeness (QED) is 0.778. The molecule has 3 heteroatoms. The minimum absolute atomic E-state index is 0.493. The Hall–Kier alpha value is -1.27. The molecule has 0 N–H and O–H groups in total. The Kier molecular flexibility index (Phi) is 5.04. The van der Waals surface area contributed by atoms with Crippen molar-refractivity contribution in [2.75, 3.05) is 19.6 Å². The molecule has 0 aliphatic carbocycles. The van der Waals surface area contributed by atoms with Crippen LogP contribution >= 0.6 is 0 Å². The number of hydrogen-bond acceptors (Lipinski definition) is 2. The third kappa shape index (κ3) is 3.61. The first-order valence-electron chi connectivity index (χ1n) is 7.43. The highest BCUT2D eigenvalue weighted by Gasteiger charge is 2.24. The molecule has 1 aromatic heterocycles. The average Bonchev–Trinajstić information content (AvgIpc) is 2.89. The van der Waals surface area contributed by atoms with E-state index in [1.165, 1.54) is 25.2 Å². The maximum atomic E-state index is 4.59. The van der Waals surface area contributed by atoms with E-state index >= 15 is 0 Å². The maximum Gasteiger partial charge on any atom is 0.113 e. The van der Waals surface area contributed by atoms with Crippen molar-refractivity contribution in [2.45, 2.75) is 52.0 Å². The topological polar surface area (TPSA) is 21.1 Å². The fraction of sp³-hybridized carbons (Fsp3) is 0.688. The summed E-state index contributed by atoms with van der Waals surface area (Å²) in [6.45, 7) is 9.73. The number of nitrogens with zero attached hydrogens (tertiary/aromatic N) is 3. The van der Waals surface area contributed by atoms with Crippen molar-refractivity contribution < 1.29 is 0 Å². The second kappa shape index (κ2) is 6.77. The van der Waals surface area contributed by atoms with Gasteiger partial charge in [0, 0.05) is 37.3 Å². The summed E-state index contributed by atoms with van der Waals surface area (Å²) in [5.74, 6) is 8.24. The van der Waals surface area contributed by atoms with Gasteiger partial charge in [-0.05, 0) is 33.2 Å². The van der Waals surface area contributed by atoms with Gasteiger partial charge in [-0.2, -0.15) is 0 Å². The van der Waals surface area contributed by atoms with Crippen molar-refractivity contribution >= 4 is 0 Å².